The molecule has 0 aliphatic carbocycles. The third kappa shape index (κ3) is 6.98. The van der Waals surface area contributed by atoms with Crippen molar-refractivity contribution in [3.05, 3.63) is 95.3 Å². The maximum atomic E-state index is 13.3. The van der Waals surface area contributed by atoms with Gasteiger partial charge in [0.2, 0.25) is 5.91 Å². The third-order valence-electron chi connectivity index (χ3n) is 7.70. The maximum absolute atomic E-state index is 13.3. The van der Waals surface area contributed by atoms with Gasteiger partial charge in [0.1, 0.15) is 11.5 Å². The minimum atomic E-state index is 0.150. The Morgan fingerprint density at radius 3 is 2.71 bits per heavy atom. The van der Waals surface area contributed by atoms with E-state index in [1.807, 2.05) is 46.1 Å². The van der Waals surface area contributed by atoms with Crippen molar-refractivity contribution in [1.29, 1.82) is 0 Å². The first-order valence-corrected chi connectivity index (χ1v) is 14.6. The summed E-state index contributed by atoms with van der Waals surface area (Å²) >= 11 is 0. The minimum Gasteiger partial charge on any atom is -0.494 e. The fourth-order valence-corrected chi connectivity index (χ4v) is 5.36. The first-order chi connectivity index (χ1) is 20.0. The number of nitrogens with zero attached hydrogens (tertiary/aromatic N) is 3. The van der Waals surface area contributed by atoms with Crippen LogP contribution in [0, 0.1) is 13.8 Å². The molecule has 0 unspecified atom stereocenters. The monoisotopic (exact) mass is 552 g/mol. The molecule has 1 amide bonds. The fourth-order valence-electron chi connectivity index (χ4n) is 5.36. The number of hydrogen-bond acceptors (Lipinski definition) is 5. The number of amides is 1. The van der Waals surface area contributed by atoms with Gasteiger partial charge in [-0.25, -0.2) is 0 Å². The van der Waals surface area contributed by atoms with Crippen LogP contribution in [0.3, 0.4) is 0 Å². The predicted molar refractivity (Wildman–Crippen MR) is 164 cm³/mol. The van der Waals surface area contributed by atoms with Crippen LogP contribution in [0.2, 0.25) is 0 Å². The van der Waals surface area contributed by atoms with E-state index < -0.39 is 0 Å². The second-order valence-corrected chi connectivity index (χ2v) is 10.7. The maximum Gasteiger partial charge on any atom is 0.227 e. The molecule has 7 nitrogen and oxygen atoms in total. The van der Waals surface area contributed by atoms with Crippen molar-refractivity contribution < 1.29 is 14.3 Å². The number of carbonyl (C=O) groups excluding carboxylic acids is 1. The molecule has 41 heavy (non-hydrogen) atoms. The topological polar surface area (TPSA) is 82.6 Å². The Balaban J connectivity index is 1.23. The number of nitrogens with two attached hydrogens (primary N) is 1. The minimum absolute atomic E-state index is 0.150. The van der Waals surface area contributed by atoms with Gasteiger partial charge < -0.3 is 20.1 Å². The highest BCUT2D eigenvalue weighted by atomic mass is 16.5. The van der Waals surface area contributed by atoms with Crippen molar-refractivity contribution in [1.82, 2.24) is 9.78 Å². The lowest BCUT2D eigenvalue weighted by atomic mass is 9.93. The Labute approximate surface area is 242 Å². The van der Waals surface area contributed by atoms with Crippen LogP contribution in [0.25, 0.3) is 11.1 Å². The molecule has 0 spiro atoms. The Morgan fingerprint density at radius 1 is 1.00 bits per heavy atom. The van der Waals surface area contributed by atoms with Crippen molar-refractivity contribution in [2.24, 2.45) is 5.73 Å². The van der Waals surface area contributed by atoms with Gasteiger partial charge in [-0.05, 0) is 98.2 Å². The van der Waals surface area contributed by atoms with Gasteiger partial charge >= 0.3 is 0 Å². The SMILES string of the molecule is Cc1cccc(OCCCC(=O)N2CCCc3c(-c4cnn(Cc5cccc(OCCCN)c5)c4)cccc32)c1C. The van der Waals surface area contributed by atoms with Gasteiger partial charge in [-0.1, -0.05) is 36.4 Å². The molecule has 0 saturated heterocycles. The molecule has 0 saturated carbocycles. The summed E-state index contributed by atoms with van der Waals surface area (Å²) in [5.41, 5.74) is 13.5. The van der Waals surface area contributed by atoms with Crippen molar-refractivity contribution in [3.8, 4) is 22.6 Å². The molecule has 4 aromatic rings. The molecule has 0 radical (unpaired) electrons. The zero-order valence-electron chi connectivity index (χ0n) is 24.1. The highest BCUT2D eigenvalue weighted by molar-refractivity contribution is 5.96. The average molecular weight is 553 g/mol. The molecular formula is C34H40N4O3. The molecule has 0 atom stereocenters. The number of ether oxygens (including phenoxy) is 2. The number of benzene rings is 3. The van der Waals surface area contributed by atoms with E-state index in [0.29, 0.717) is 39.1 Å². The van der Waals surface area contributed by atoms with E-state index >= 15 is 0 Å². The van der Waals surface area contributed by atoms with E-state index in [1.54, 1.807) is 0 Å². The molecule has 1 aliphatic heterocycles. The van der Waals surface area contributed by atoms with E-state index in [2.05, 4.69) is 55.5 Å². The molecule has 1 aliphatic rings. The molecule has 2 N–H and O–H groups in total. The Kier molecular flexibility index (Phi) is 9.36. The number of aryl methyl sites for hydroxylation is 1. The number of fused-ring (bicyclic) bond motifs is 1. The molecule has 3 aromatic carbocycles. The van der Waals surface area contributed by atoms with Crippen LogP contribution in [0.5, 0.6) is 11.5 Å². The van der Waals surface area contributed by atoms with Crippen LogP contribution < -0.4 is 20.1 Å². The summed E-state index contributed by atoms with van der Waals surface area (Å²) in [5.74, 6) is 1.90. The second kappa shape index (κ2) is 13.5. The van der Waals surface area contributed by atoms with E-state index in [-0.39, 0.29) is 5.91 Å². The Hall–Kier alpha value is -4.10. The van der Waals surface area contributed by atoms with E-state index in [4.69, 9.17) is 15.2 Å². The number of hydrogen-bond donors (Lipinski definition) is 1. The lowest BCUT2D eigenvalue weighted by molar-refractivity contribution is -0.118. The fraction of sp³-hybridized carbons (Fsp3) is 0.353. The molecule has 0 fully saturated rings. The smallest absolute Gasteiger partial charge is 0.227 e. The van der Waals surface area contributed by atoms with Gasteiger partial charge in [-0.3, -0.25) is 9.48 Å². The molecule has 214 valence electrons. The molecule has 1 aromatic heterocycles. The number of anilines is 1. The lowest BCUT2D eigenvalue weighted by Gasteiger charge is -2.31. The van der Waals surface area contributed by atoms with Crippen LogP contribution in [0.1, 0.15) is 47.9 Å². The zero-order valence-corrected chi connectivity index (χ0v) is 24.1. The summed E-state index contributed by atoms with van der Waals surface area (Å²) in [6, 6.07) is 20.4. The Bertz CT molecular complexity index is 1480. The number of aromatic nitrogens is 2. The van der Waals surface area contributed by atoms with Crippen molar-refractivity contribution in [3.63, 3.8) is 0 Å². The summed E-state index contributed by atoms with van der Waals surface area (Å²) in [5, 5.41) is 4.65. The largest absolute Gasteiger partial charge is 0.494 e. The number of carbonyl (C=O) groups is 1. The van der Waals surface area contributed by atoms with Gasteiger partial charge in [0.25, 0.3) is 0 Å². The summed E-state index contributed by atoms with van der Waals surface area (Å²) in [4.78, 5) is 15.3. The lowest BCUT2D eigenvalue weighted by Crippen LogP contribution is -2.35. The van der Waals surface area contributed by atoms with Crippen LogP contribution >= 0.6 is 0 Å². The molecular weight excluding hydrogens is 512 g/mol. The van der Waals surface area contributed by atoms with E-state index in [1.165, 1.54) is 11.1 Å². The van der Waals surface area contributed by atoms with Crippen molar-refractivity contribution in [2.75, 3.05) is 31.2 Å². The normalized spacial score (nSPS) is 12.7. The van der Waals surface area contributed by atoms with Crippen molar-refractivity contribution >= 4 is 11.6 Å². The Morgan fingerprint density at radius 2 is 1.83 bits per heavy atom. The zero-order chi connectivity index (χ0) is 28.6. The van der Waals surface area contributed by atoms with Gasteiger partial charge in [0, 0.05) is 30.4 Å². The molecule has 2 heterocycles. The van der Waals surface area contributed by atoms with Gasteiger partial charge in [0.15, 0.2) is 0 Å². The third-order valence-corrected chi connectivity index (χ3v) is 7.70. The average Bonchev–Trinajstić information content (AvgIpc) is 3.45. The highest BCUT2D eigenvalue weighted by Gasteiger charge is 2.24. The summed E-state index contributed by atoms with van der Waals surface area (Å²) in [6.07, 6.45) is 7.87. The summed E-state index contributed by atoms with van der Waals surface area (Å²) in [6.45, 7) is 7.31. The van der Waals surface area contributed by atoms with E-state index in [9.17, 15) is 4.79 Å². The quantitative estimate of drug-likeness (QED) is 0.215. The summed E-state index contributed by atoms with van der Waals surface area (Å²) < 4.78 is 13.7. The van der Waals surface area contributed by atoms with Crippen LogP contribution in [-0.4, -0.2) is 42.0 Å². The molecule has 0 bridgehead atoms. The van der Waals surface area contributed by atoms with Crippen LogP contribution in [0.15, 0.2) is 73.1 Å². The highest BCUT2D eigenvalue weighted by Crippen LogP contribution is 2.36. The molecule has 7 heteroatoms. The first-order valence-electron chi connectivity index (χ1n) is 14.6. The first kappa shape index (κ1) is 28.4. The molecule has 5 rings (SSSR count). The van der Waals surface area contributed by atoms with Gasteiger partial charge in [-0.15, -0.1) is 0 Å². The van der Waals surface area contributed by atoms with Gasteiger partial charge in [0.05, 0.1) is 26.0 Å². The van der Waals surface area contributed by atoms with Crippen molar-refractivity contribution in [2.45, 2.75) is 52.5 Å². The predicted octanol–water partition coefficient (Wildman–Crippen LogP) is 6.08. The standard InChI is InChI=1S/C34H40N4O3/c1-25-9-3-15-33(26(25)2)41-19-7-16-34(39)38-18-6-13-31-30(12-5-14-32(31)38)28-22-36-37(24-28)23-27-10-4-11-29(21-27)40-20-8-17-35/h3-5,9-12,14-15,21-22,24H,6-8,13,16-20,23,35H2,1-2H3. The number of rotatable bonds is 12. The van der Waals surface area contributed by atoms with Crippen LogP contribution in [-0.2, 0) is 17.8 Å². The second-order valence-electron chi connectivity index (χ2n) is 10.7. The van der Waals surface area contributed by atoms with Gasteiger partial charge in [-0.2, -0.15) is 5.10 Å². The summed E-state index contributed by atoms with van der Waals surface area (Å²) in [7, 11) is 0. The van der Waals surface area contributed by atoms with E-state index in [0.717, 1.165) is 65.2 Å². The van der Waals surface area contributed by atoms with Crippen LogP contribution in [0.4, 0.5) is 5.69 Å².